The average molecular weight is 443 g/mol. The first kappa shape index (κ1) is 20.3. The number of aromatic amines is 1. The van der Waals surface area contributed by atoms with Crippen molar-refractivity contribution < 1.29 is 9.18 Å². The summed E-state index contributed by atoms with van der Waals surface area (Å²) in [6.07, 6.45) is 6.38. The molecular formula is C27H27FN4O. The third-order valence-corrected chi connectivity index (χ3v) is 8.11. The number of nitrogens with one attached hydrogen (secondary N) is 1. The van der Waals surface area contributed by atoms with E-state index in [1.807, 2.05) is 12.3 Å². The summed E-state index contributed by atoms with van der Waals surface area (Å²) in [5, 5.41) is 0.970. The van der Waals surface area contributed by atoms with Gasteiger partial charge in [-0.05, 0) is 96.9 Å². The van der Waals surface area contributed by atoms with Crippen LogP contribution in [0.2, 0.25) is 0 Å². The molecule has 5 nitrogen and oxygen atoms in total. The quantitative estimate of drug-likeness (QED) is 0.436. The summed E-state index contributed by atoms with van der Waals surface area (Å²) >= 11 is 0. The first-order chi connectivity index (χ1) is 16.0. The molecule has 6 heteroatoms. The van der Waals surface area contributed by atoms with E-state index in [9.17, 15) is 9.18 Å². The predicted molar refractivity (Wildman–Crippen MR) is 126 cm³/mol. The minimum Gasteiger partial charge on any atom is -0.366 e. The molecule has 5 atom stereocenters. The third-order valence-electron chi connectivity index (χ3n) is 8.11. The van der Waals surface area contributed by atoms with Gasteiger partial charge in [-0.1, -0.05) is 6.92 Å². The number of halogens is 1. The third kappa shape index (κ3) is 3.48. The van der Waals surface area contributed by atoms with Crippen molar-refractivity contribution in [3.63, 3.8) is 0 Å². The lowest BCUT2D eigenvalue weighted by atomic mass is 9.73. The Morgan fingerprint density at radius 1 is 1.12 bits per heavy atom. The van der Waals surface area contributed by atoms with E-state index in [-0.39, 0.29) is 5.82 Å². The molecule has 0 spiro atoms. The zero-order valence-electron chi connectivity index (χ0n) is 18.6. The molecule has 2 bridgehead atoms. The SMILES string of the molecule is CC(Cc1nc2ccc(C(N)=O)cc2[nH]1)C1CC2CC1CC2c1ccnc2ccc(F)cc12. The molecule has 0 radical (unpaired) electrons. The minimum atomic E-state index is -0.428. The van der Waals surface area contributed by atoms with Crippen molar-refractivity contribution in [2.75, 3.05) is 0 Å². The molecule has 2 heterocycles. The fraction of sp³-hybridized carbons (Fsp3) is 0.370. The number of H-pyrrole nitrogens is 1. The van der Waals surface area contributed by atoms with Crippen molar-refractivity contribution in [1.29, 1.82) is 0 Å². The van der Waals surface area contributed by atoms with Crippen LogP contribution < -0.4 is 5.73 Å². The van der Waals surface area contributed by atoms with Crippen LogP contribution in [0.4, 0.5) is 4.39 Å². The highest BCUT2D eigenvalue weighted by molar-refractivity contribution is 5.96. The summed E-state index contributed by atoms with van der Waals surface area (Å²) in [7, 11) is 0. The van der Waals surface area contributed by atoms with Gasteiger partial charge in [-0.3, -0.25) is 9.78 Å². The number of primary amides is 1. The maximum atomic E-state index is 13.9. The summed E-state index contributed by atoms with van der Waals surface area (Å²) in [5.41, 5.74) is 9.77. The van der Waals surface area contributed by atoms with Crippen LogP contribution in [-0.2, 0) is 6.42 Å². The first-order valence-corrected chi connectivity index (χ1v) is 11.8. The van der Waals surface area contributed by atoms with Gasteiger partial charge in [0, 0.05) is 23.6 Å². The zero-order valence-corrected chi connectivity index (χ0v) is 18.6. The number of pyridine rings is 1. The van der Waals surface area contributed by atoms with E-state index in [1.165, 1.54) is 24.5 Å². The van der Waals surface area contributed by atoms with Crippen molar-refractivity contribution in [2.45, 2.75) is 38.5 Å². The summed E-state index contributed by atoms with van der Waals surface area (Å²) in [6.45, 7) is 2.33. The monoisotopic (exact) mass is 442 g/mol. The Balaban J connectivity index is 1.19. The molecule has 2 saturated carbocycles. The van der Waals surface area contributed by atoms with Crippen molar-refractivity contribution in [3.8, 4) is 0 Å². The van der Waals surface area contributed by atoms with E-state index >= 15 is 0 Å². The Kier molecular flexibility index (Phi) is 4.71. The van der Waals surface area contributed by atoms with Crippen molar-refractivity contribution >= 4 is 27.8 Å². The second-order valence-corrected chi connectivity index (χ2v) is 10.0. The molecule has 2 aliphatic carbocycles. The van der Waals surface area contributed by atoms with Gasteiger partial charge in [0.2, 0.25) is 5.91 Å². The van der Waals surface area contributed by atoms with E-state index in [4.69, 9.17) is 10.7 Å². The van der Waals surface area contributed by atoms with Crippen LogP contribution >= 0.6 is 0 Å². The maximum Gasteiger partial charge on any atom is 0.248 e. The number of amides is 1. The molecule has 5 unspecified atom stereocenters. The number of benzene rings is 2. The van der Waals surface area contributed by atoms with Crippen LogP contribution in [0, 0.1) is 29.5 Å². The molecule has 2 aromatic carbocycles. The first-order valence-electron chi connectivity index (χ1n) is 11.8. The molecule has 1 amide bonds. The van der Waals surface area contributed by atoms with Gasteiger partial charge in [0.15, 0.2) is 0 Å². The Hall–Kier alpha value is -3.28. The number of carbonyl (C=O) groups is 1. The normalized spacial score (nSPS) is 25.2. The van der Waals surface area contributed by atoms with Gasteiger partial charge >= 0.3 is 0 Å². The van der Waals surface area contributed by atoms with Gasteiger partial charge in [0.1, 0.15) is 11.6 Å². The summed E-state index contributed by atoms with van der Waals surface area (Å²) in [6, 6.07) is 12.4. The van der Waals surface area contributed by atoms with E-state index in [0.29, 0.717) is 35.2 Å². The predicted octanol–water partition coefficient (Wildman–Crippen LogP) is 5.36. The largest absolute Gasteiger partial charge is 0.366 e. The highest BCUT2D eigenvalue weighted by Gasteiger charge is 2.48. The number of hydrogen-bond donors (Lipinski definition) is 2. The Morgan fingerprint density at radius 3 is 2.76 bits per heavy atom. The summed E-state index contributed by atoms with van der Waals surface area (Å²) < 4.78 is 13.9. The van der Waals surface area contributed by atoms with Gasteiger partial charge in [0.05, 0.1) is 16.6 Å². The molecule has 2 fully saturated rings. The Labute approximate surface area is 191 Å². The topological polar surface area (TPSA) is 84.7 Å². The molecular weight excluding hydrogens is 415 g/mol. The summed E-state index contributed by atoms with van der Waals surface area (Å²) in [4.78, 5) is 24.0. The molecule has 168 valence electrons. The smallest absolute Gasteiger partial charge is 0.248 e. The second kappa shape index (κ2) is 7.65. The molecule has 4 aromatic rings. The van der Waals surface area contributed by atoms with E-state index in [2.05, 4.69) is 23.0 Å². The number of nitrogens with two attached hydrogens (primary N) is 1. The Morgan fingerprint density at radius 2 is 1.97 bits per heavy atom. The van der Waals surface area contributed by atoms with E-state index < -0.39 is 5.91 Å². The number of fused-ring (bicyclic) bond motifs is 4. The zero-order chi connectivity index (χ0) is 22.7. The summed E-state index contributed by atoms with van der Waals surface area (Å²) in [5.74, 6) is 3.36. The number of imidazole rings is 1. The van der Waals surface area contributed by atoms with E-state index in [0.717, 1.165) is 40.6 Å². The van der Waals surface area contributed by atoms with Gasteiger partial charge in [-0.15, -0.1) is 0 Å². The lowest BCUT2D eigenvalue weighted by molar-refractivity contribution is 0.100. The molecule has 0 saturated heterocycles. The number of hydrogen-bond acceptors (Lipinski definition) is 3. The highest BCUT2D eigenvalue weighted by Crippen LogP contribution is 2.58. The van der Waals surface area contributed by atoms with Crippen LogP contribution in [0.1, 0.15) is 53.8 Å². The molecule has 33 heavy (non-hydrogen) atoms. The maximum absolute atomic E-state index is 13.9. The van der Waals surface area contributed by atoms with Gasteiger partial charge in [-0.2, -0.15) is 0 Å². The second-order valence-electron chi connectivity index (χ2n) is 10.0. The van der Waals surface area contributed by atoms with Gasteiger partial charge in [0.25, 0.3) is 0 Å². The van der Waals surface area contributed by atoms with Crippen molar-refractivity contribution in [2.24, 2.45) is 29.4 Å². The number of aromatic nitrogens is 3. The minimum absolute atomic E-state index is 0.194. The Bertz CT molecular complexity index is 1380. The highest BCUT2D eigenvalue weighted by atomic mass is 19.1. The standard InChI is InChI=1S/C27H27FN4O/c1-14(8-26-31-24-4-2-15(27(29)33)12-25(24)32-26)20-10-17-9-16(20)11-21(17)19-6-7-30-23-5-3-18(28)13-22(19)23/h2-7,12-14,16-17,20-21H,8-11H2,1H3,(H2,29,33)(H,31,32). The molecule has 6 rings (SSSR count). The fourth-order valence-electron chi connectivity index (χ4n) is 6.63. The van der Waals surface area contributed by atoms with Crippen LogP contribution in [0.5, 0.6) is 0 Å². The van der Waals surface area contributed by atoms with Crippen LogP contribution in [0.15, 0.2) is 48.7 Å². The van der Waals surface area contributed by atoms with E-state index in [1.54, 1.807) is 24.3 Å². The molecule has 0 aliphatic heterocycles. The van der Waals surface area contributed by atoms with Crippen LogP contribution in [0.25, 0.3) is 21.9 Å². The number of carbonyl (C=O) groups excluding carboxylic acids is 1. The molecule has 3 N–H and O–H groups in total. The van der Waals surface area contributed by atoms with Crippen LogP contribution in [-0.4, -0.2) is 20.9 Å². The lowest BCUT2D eigenvalue weighted by Gasteiger charge is -2.32. The lowest BCUT2D eigenvalue weighted by Crippen LogP contribution is -2.24. The van der Waals surface area contributed by atoms with Gasteiger partial charge in [-0.25, -0.2) is 9.37 Å². The number of nitrogens with zero attached hydrogens (tertiary/aromatic N) is 2. The average Bonchev–Trinajstić information content (AvgIpc) is 3.51. The fourth-order valence-corrected chi connectivity index (χ4v) is 6.63. The van der Waals surface area contributed by atoms with Crippen molar-refractivity contribution in [1.82, 2.24) is 15.0 Å². The van der Waals surface area contributed by atoms with Gasteiger partial charge < -0.3 is 10.7 Å². The number of rotatable bonds is 5. The molecule has 2 aliphatic rings. The van der Waals surface area contributed by atoms with Crippen LogP contribution in [0.3, 0.4) is 0 Å². The van der Waals surface area contributed by atoms with Crippen molar-refractivity contribution in [3.05, 3.63) is 71.4 Å². The molecule has 2 aromatic heterocycles.